The number of aryl methyl sites for hydroxylation is 1. The van der Waals surface area contributed by atoms with Gasteiger partial charge in [-0.15, -0.1) is 0 Å². The van der Waals surface area contributed by atoms with Gasteiger partial charge in [0.15, 0.2) is 0 Å². The summed E-state index contributed by atoms with van der Waals surface area (Å²) in [6, 6.07) is 14.1. The minimum Gasteiger partial charge on any atom is -0.423 e. The van der Waals surface area contributed by atoms with E-state index >= 15 is 0 Å². The maximum atomic E-state index is 13.2. The lowest BCUT2D eigenvalue weighted by Crippen LogP contribution is -2.40. The standard InChI is InChI=1S/C27H25NO4/c1-2-3-15-4-10-18(11-5-15)32-27(31)16-6-8-17(9-7-16)28-25(29)23-19-12-13-20(22-14-21(19)22)24(23)26(28)30/h4-13,19-24H,2-3,14H2,1H3/t19-,20-,21-,22-,23+,24+/m0/s1. The minimum absolute atomic E-state index is 0.0906. The molecule has 5 nitrogen and oxygen atoms in total. The number of ether oxygens (including phenoxy) is 1. The van der Waals surface area contributed by atoms with E-state index in [-0.39, 0.29) is 35.5 Å². The number of imide groups is 1. The van der Waals surface area contributed by atoms with Crippen molar-refractivity contribution in [1.82, 2.24) is 0 Å². The number of rotatable bonds is 5. The number of nitrogens with zero attached hydrogens (tertiary/aromatic N) is 1. The van der Waals surface area contributed by atoms with E-state index in [1.54, 1.807) is 36.4 Å². The normalized spacial score (nSPS) is 31.5. The van der Waals surface area contributed by atoms with Gasteiger partial charge in [-0.2, -0.15) is 0 Å². The summed E-state index contributed by atoms with van der Waals surface area (Å²) in [6.45, 7) is 2.12. The highest BCUT2D eigenvalue weighted by Gasteiger charge is 2.67. The average molecular weight is 428 g/mol. The molecule has 0 unspecified atom stereocenters. The summed E-state index contributed by atoms with van der Waals surface area (Å²) in [5, 5.41) is 0. The first-order valence-corrected chi connectivity index (χ1v) is 11.5. The second kappa shape index (κ2) is 7.16. The summed E-state index contributed by atoms with van der Waals surface area (Å²) in [6.07, 6.45) is 7.54. The zero-order valence-corrected chi connectivity index (χ0v) is 17.9. The third kappa shape index (κ3) is 2.87. The molecule has 0 spiro atoms. The predicted molar refractivity (Wildman–Crippen MR) is 119 cm³/mol. The van der Waals surface area contributed by atoms with Crippen molar-refractivity contribution in [1.29, 1.82) is 0 Å². The van der Waals surface area contributed by atoms with E-state index in [4.69, 9.17) is 4.74 Å². The molecular formula is C27H25NO4. The first kappa shape index (κ1) is 19.5. The maximum absolute atomic E-state index is 13.2. The zero-order valence-electron chi connectivity index (χ0n) is 17.9. The Bertz CT molecular complexity index is 1100. The molecule has 2 aromatic carbocycles. The van der Waals surface area contributed by atoms with Crippen LogP contribution in [-0.2, 0) is 16.0 Å². The Morgan fingerprint density at radius 1 is 0.906 bits per heavy atom. The number of carbonyl (C=O) groups is 3. The van der Waals surface area contributed by atoms with Crippen LogP contribution in [0.15, 0.2) is 60.7 Å². The second-order valence-corrected chi connectivity index (χ2v) is 9.50. The van der Waals surface area contributed by atoms with Crippen LogP contribution in [0, 0.1) is 35.5 Å². The van der Waals surface area contributed by atoms with E-state index in [2.05, 4.69) is 19.1 Å². The monoisotopic (exact) mass is 427 g/mol. The Balaban J connectivity index is 1.18. The molecule has 1 heterocycles. The van der Waals surface area contributed by atoms with Crippen molar-refractivity contribution in [2.75, 3.05) is 4.90 Å². The summed E-state index contributed by atoms with van der Waals surface area (Å²) in [5.74, 6) is 0.975. The quantitative estimate of drug-likeness (QED) is 0.307. The van der Waals surface area contributed by atoms with Gasteiger partial charge < -0.3 is 4.74 Å². The van der Waals surface area contributed by atoms with E-state index in [0.29, 0.717) is 28.8 Å². The number of hydrogen-bond acceptors (Lipinski definition) is 4. The van der Waals surface area contributed by atoms with Crippen LogP contribution in [0.4, 0.5) is 5.69 Å². The third-order valence-corrected chi connectivity index (χ3v) is 7.70. The summed E-state index contributed by atoms with van der Waals surface area (Å²) < 4.78 is 5.48. The van der Waals surface area contributed by atoms with E-state index in [1.165, 1.54) is 10.5 Å². The van der Waals surface area contributed by atoms with Crippen molar-refractivity contribution in [2.45, 2.75) is 26.2 Å². The number of benzene rings is 2. The molecule has 5 heteroatoms. The molecule has 5 aliphatic rings. The maximum Gasteiger partial charge on any atom is 0.343 e. The second-order valence-electron chi connectivity index (χ2n) is 9.50. The molecule has 2 saturated carbocycles. The topological polar surface area (TPSA) is 63.7 Å². The van der Waals surface area contributed by atoms with E-state index in [9.17, 15) is 14.4 Å². The molecule has 4 aliphatic carbocycles. The number of amides is 2. The molecule has 2 amide bonds. The van der Waals surface area contributed by atoms with Crippen LogP contribution in [0.25, 0.3) is 0 Å². The molecular weight excluding hydrogens is 402 g/mol. The number of hydrogen-bond donors (Lipinski definition) is 0. The van der Waals surface area contributed by atoms with Gasteiger partial charge in [-0.1, -0.05) is 37.6 Å². The first-order chi connectivity index (χ1) is 15.6. The van der Waals surface area contributed by atoms with Crippen LogP contribution in [0.2, 0.25) is 0 Å². The van der Waals surface area contributed by atoms with Gasteiger partial charge in [0, 0.05) is 0 Å². The lowest BCUT2D eigenvalue weighted by Gasteiger charge is -2.37. The highest BCUT2D eigenvalue weighted by atomic mass is 16.5. The Morgan fingerprint density at radius 3 is 2.06 bits per heavy atom. The van der Waals surface area contributed by atoms with E-state index in [1.807, 2.05) is 12.1 Å². The molecule has 2 bridgehead atoms. The Kier molecular flexibility index (Phi) is 4.36. The molecule has 3 fully saturated rings. The van der Waals surface area contributed by atoms with Gasteiger partial charge in [0.05, 0.1) is 23.1 Å². The number of anilines is 1. The zero-order chi connectivity index (χ0) is 22.0. The molecule has 0 radical (unpaired) electrons. The number of allylic oxidation sites excluding steroid dienone is 2. The molecule has 1 saturated heterocycles. The number of esters is 1. The lowest BCUT2D eigenvalue weighted by molar-refractivity contribution is -0.124. The Labute approximate surface area is 187 Å². The molecule has 1 aliphatic heterocycles. The van der Waals surface area contributed by atoms with Crippen molar-refractivity contribution in [3.8, 4) is 5.75 Å². The van der Waals surface area contributed by atoms with Crippen molar-refractivity contribution in [2.24, 2.45) is 35.5 Å². The predicted octanol–water partition coefficient (Wildman–Crippen LogP) is 4.42. The molecule has 0 aromatic heterocycles. The van der Waals surface area contributed by atoms with Crippen LogP contribution in [0.5, 0.6) is 5.75 Å². The van der Waals surface area contributed by atoms with Gasteiger partial charge in [-0.25, -0.2) is 4.79 Å². The lowest BCUT2D eigenvalue weighted by atomic mass is 9.63. The SMILES string of the molecule is CCCc1ccc(OC(=O)c2ccc(N3C(=O)[C@@H]4[C@H]5C=C[C@@H]([C@@H]6C[C@@H]56)[C@H]4C3=O)cc2)cc1. The Hall–Kier alpha value is -3.21. The minimum atomic E-state index is -0.463. The average Bonchev–Trinajstić information content (AvgIpc) is 3.59. The van der Waals surface area contributed by atoms with E-state index in [0.717, 1.165) is 19.3 Å². The van der Waals surface area contributed by atoms with Crippen LogP contribution in [0.1, 0.15) is 35.7 Å². The highest BCUT2D eigenvalue weighted by molar-refractivity contribution is 6.22. The van der Waals surface area contributed by atoms with Gasteiger partial charge >= 0.3 is 5.97 Å². The van der Waals surface area contributed by atoms with Crippen molar-refractivity contribution in [3.05, 3.63) is 71.8 Å². The van der Waals surface area contributed by atoms with Crippen molar-refractivity contribution in [3.63, 3.8) is 0 Å². The summed E-state index contributed by atoms with van der Waals surface area (Å²) in [7, 11) is 0. The van der Waals surface area contributed by atoms with Crippen LogP contribution < -0.4 is 9.64 Å². The van der Waals surface area contributed by atoms with Crippen molar-refractivity contribution >= 4 is 23.5 Å². The van der Waals surface area contributed by atoms with E-state index < -0.39 is 5.97 Å². The smallest absolute Gasteiger partial charge is 0.343 e. The number of carbonyl (C=O) groups excluding carboxylic acids is 3. The fourth-order valence-electron chi connectivity index (χ4n) is 6.14. The van der Waals surface area contributed by atoms with Crippen LogP contribution in [-0.4, -0.2) is 17.8 Å². The molecule has 162 valence electrons. The van der Waals surface area contributed by atoms with Crippen LogP contribution >= 0.6 is 0 Å². The van der Waals surface area contributed by atoms with Crippen molar-refractivity contribution < 1.29 is 19.1 Å². The Morgan fingerprint density at radius 2 is 1.50 bits per heavy atom. The van der Waals surface area contributed by atoms with Gasteiger partial charge in [0.25, 0.3) is 0 Å². The molecule has 0 N–H and O–H groups in total. The van der Waals surface area contributed by atoms with Gasteiger partial charge in [0.1, 0.15) is 5.75 Å². The van der Waals surface area contributed by atoms with Gasteiger partial charge in [-0.05, 0) is 78.5 Å². The highest BCUT2D eigenvalue weighted by Crippen LogP contribution is 2.65. The molecule has 7 rings (SSSR count). The third-order valence-electron chi connectivity index (χ3n) is 7.70. The molecule has 6 atom stereocenters. The van der Waals surface area contributed by atoms with Crippen LogP contribution in [0.3, 0.4) is 0 Å². The fraction of sp³-hybridized carbons (Fsp3) is 0.370. The first-order valence-electron chi connectivity index (χ1n) is 11.5. The summed E-state index contributed by atoms with van der Waals surface area (Å²) in [5.41, 5.74) is 2.12. The summed E-state index contributed by atoms with van der Waals surface area (Å²) in [4.78, 5) is 40.3. The molecule has 32 heavy (non-hydrogen) atoms. The van der Waals surface area contributed by atoms with Gasteiger partial charge in [-0.3, -0.25) is 14.5 Å². The van der Waals surface area contributed by atoms with Gasteiger partial charge in [0.2, 0.25) is 11.8 Å². The fourth-order valence-corrected chi connectivity index (χ4v) is 6.14. The summed E-state index contributed by atoms with van der Waals surface area (Å²) >= 11 is 0. The largest absolute Gasteiger partial charge is 0.423 e. The molecule has 2 aromatic rings.